The van der Waals surface area contributed by atoms with Crippen molar-refractivity contribution in [2.75, 3.05) is 5.32 Å². The number of amides is 1. The van der Waals surface area contributed by atoms with E-state index < -0.39 is 17.1 Å². The average Bonchev–Trinajstić information content (AvgIpc) is 2.28. The molecule has 0 radical (unpaired) electrons. The zero-order chi connectivity index (χ0) is 12.2. The molecule has 1 aromatic rings. The zero-order valence-electron chi connectivity index (χ0n) is 9.25. The van der Waals surface area contributed by atoms with E-state index in [9.17, 15) is 9.18 Å². The predicted molar refractivity (Wildman–Crippen MR) is 59.0 cm³/mol. The van der Waals surface area contributed by atoms with E-state index in [1.54, 1.807) is 19.9 Å². The second-order valence-corrected chi connectivity index (χ2v) is 3.76. The molecule has 1 N–H and O–H groups in total. The minimum atomic E-state index is -1.08. The SMILES string of the molecule is CC[C@@](C)(C#N)C(=O)Nc1cccc(F)c1. The van der Waals surface area contributed by atoms with Gasteiger partial charge in [0.25, 0.3) is 0 Å². The van der Waals surface area contributed by atoms with Gasteiger partial charge in [0, 0.05) is 5.69 Å². The van der Waals surface area contributed by atoms with Gasteiger partial charge in [-0.25, -0.2) is 4.39 Å². The lowest BCUT2D eigenvalue weighted by Crippen LogP contribution is -2.31. The molecule has 84 valence electrons. The molecule has 0 unspecified atom stereocenters. The molecule has 1 rings (SSSR count). The quantitative estimate of drug-likeness (QED) is 0.851. The molecular formula is C12H13FN2O. The van der Waals surface area contributed by atoms with E-state index in [1.807, 2.05) is 6.07 Å². The molecule has 4 heteroatoms. The summed E-state index contributed by atoms with van der Waals surface area (Å²) < 4.78 is 12.9. The van der Waals surface area contributed by atoms with Crippen LogP contribution in [0, 0.1) is 22.6 Å². The summed E-state index contributed by atoms with van der Waals surface area (Å²) in [5.41, 5.74) is -0.716. The maximum Gasteiger partial charge on any atom is 0.244 e. The van der Waals surface area contributed by atoms with Crippen molar-refractivity contribution in [2.45, 2.75) is 20.3 Å². The smallest absolute Gasteiger partial charge is 0.244 e. The number of nitrogens with one attached hydrogen (secondary N) is 1. The van der Waals surface area contributed by atoms with Crippen LogP contribution in [0.3, 0.4) is 0 Å². The van der Waals surface area contributed by atoms with Crippen LogP contribution in [0.25, 0.3) is 0 Å². The first kappa shape index (κ1) is 12.2. The minimum absolute atomic E-state index is 0.361. The Morgan fingerprint density at radius 1 is 1.62 bits per heavy atom. The number of carbonyl (C=O) groups excluding carboxylic acids is 1. The third-order valence-electron chi connectivity index (χ3n) is 2.54. The maximum absolute atomic E-state index is 12.9. The first-order valence-corrected chi connectivity index (χ1v) is 5.00. The van der Waals surface area contributed by atoms with E-state index >= 15 is 0 Å². The Balaban J connectivity index is 2.83. The number of nitrogens with zero attached hydrogens (tertiary/aromatic N) is 1. The highest BCUT2D eigenvalue weighted by Crippen LogP contribution is 2.22. The number of carbonyl (C=O) groups is 1. The highest BCUT2D eigenvalue weighted by atomic mass is 19.1. The second-order valence-electron chi connectivity index (χ2n) is 3.76. The van der Waals surface area contributed by atoms with E-state index in [0.29, 0.717) is 12.1 Å². The van der Waals surface area contributed by atoms with Crippen molar-refractivity contribution in [2.24, 2.45) is 5.41 Å². The van der Waals surface area contributed by atoms with Crippen LogP contribution in [0.1, 0.15) is 20.3 Å². The molecule has 0 spiro atoms. The Morgan fingerprint density at radius 2 is 2.31 bits per heavy atom. The normalized spacial score (nSPS) is 13.6. The Bertz CT molecular complexity index is 439. The lowest BCUT2D eigenvalue weighted by molar-refractivity contribution is -0.122. The van der Waals surface area contributed by atoms with Gasteiger partial charge >= 0.3 is 0 Å². The molecule has 0 aliphatic heterocycles. The largest absolute Gasteiger partial charge is 0.325 e. The van der Waals surface area contributed by atoms with Crippen molar-refractivity contribution in [1.29, 1.82) is 5.26 Å². The molecule has 0 bridgehead atoms. The first-order chi connectivity index (χ1) is 7.51. The summed E-state index contributed by atoms with van der Waals surface area (Å²) in [6.45, 7) is 3.32. The third-order valence-corrected chi connectivity index (χ3v) is 2.54. The molecule has 3 nitrogen and oxygen atoms in total. The Morgan fingerprint density at radius 3 is 2.81 bits per heavy atom. The summed E-state index contributed by atoms with van der Waals surface area (Å²) in [5.74, 6) is -0.837. The van der Waals surface area contributed by atoms with Crippen molar-refractivity contribution >= 4 is 11.6 Å². The van der Waals surface area contributed by atoms with Gasteiger partial charge in [0.1, 0.15) is 11.2 Å². The first-order valence-electron chi connectivity index (χ1n) is 5.00. The highest BCUT2D eigenvalue weighted by molar-refractivity contribution is 5.96. The van der Waals surface area contributed by atoms with Gasteiger partial charge in [0.15, 0.2) is 0 Å². The van der Waals surface area contributed by atoms with E-state index in [1.165, 1.54) is 18.2 Å². The average molecular weight is 220 g/mol. The number of anilines is 1. The van der Waals surface area contributed by atoms with Gasteiger partial charge < -0.3 is 5.32 Å². The minimum Gasteiger partial charge on any atom is -0.325 e. The molecule has 16 heavy (non-hydrogen) atoms. The summed E-state index contributed by atoms with van der Waals surface area (Å²) in [4.78, 5) is 11.8. The molecule has 0 saturated heterocycles. The van der Waals surface area contributed by atoms with Crippen LogP contribution in [0.5, 0.6) is 0 Å². The molecule has 0 fully saturated rings. The van der Waals surface area contributed by atoms with Crippen molar-refractivity contribution in [3.05, 3.63) is 30.1 Å². The fraction of sp³-hybridized carbons (Fsp3) is 0.333. The fourth-order valence-corrected chi connectivity index (χ4v) is 1.13. The van der Waals surface area contributed by atoms with Crippen molar-refractivity contribution in [3.63, 3.8) is 0 Å². The molecule has 1 aromatic carbocycles. The predicted octanol–water partition coefficient (Wildman–Crippen LogP) is 2.70. The summed E-state index contributed by atoms with van der Waals surface area (Å²) >= 11 is 0. The summed E-state index contributed by atoms with van der Waals surface area (Å²) in [7, 11) is 0. The summed E-state index contributed by atoms with van der Waals surface area (Å²) in [6.07, 6.45) is 0.407. The van der Waals surface area contributed by atoms with Gasteiger partial charge in [-0.15, -0.1) is 0 Å². The van der Waals surface area contributed by atoms with Crippen LogP contribution >= 0.6 is 0 Å². The van der Waals surface area contributed by atoms with Crippen LogP contribution in [-0.2, 0) is 4.79 Å². The summed E-state index contributed by atoms with van der Waals surface area (Å²) in [5, 5.41) is 11.4. The zero-order valence-corrected chi connectivity index (χ0v) is 9.25. The van der Waals surface area contributed by atoms with Gasteiger partial charge in [-0.2, -0.15) is 5.26 Å². The van der Waals surface area contributed by atoms with Gasteiger partial charge in [0.2, 0.25) is 5.91 Å². The molecule has 0 saturated carbocycles. The summed E-state index contributed by atoms with van der Waals surface area (Å²) in [6, 6.07) is 7.54. The van der Waals surface area contributed by atoms with E-state index in [4.69, 9.17) is 5.26 Å². The van der Waals surface area contributed by atoms with Crippen molar-refractivity contribution in [3.8, 4) is 6.07 Å². The molecule has 1 atom stereocenters. The van der Waals surface area contributed by atoms with E-state index in [2.05, 4.69) is 5.32 Å². The van der Waals surface area contributed by atoms with Crippen LogP contribution in [0.4, 0.5) is 10.1 Å². The van der Waals surface area contributed by atoms with Gasteiger partial charge in [-0.05, 0) is 31.5 Å². The van der Waals surface area contributed by atoms with Gasteiger partial charge in [-0.3, -0.25) is 4.79 Å². The lowest BCUT2D eigenvalue weighted by atomic mass is 9.88. The van der Waals surface area contributed by atoms with Gasteiger partial charge in [-0.1, -0.05) is 13.0 Å². The van der Waals surface area contributed by atoms with Crippen LogP contribution in [0.15, 0.2) is 24.3 Å². The van der Waals surface area contributed by atoms with Crippen molar-refractivity contribution in [1.82, 2.24) is 0 Å². The number of benzene rings is 1. The number of hydrogen-bond donors (Lipinski definition) is 1. The Labute approximate surface area is 93.9 Å². The Kier molecular flexibility index (Phi) is 3.62. The second kappa shape index (κ2) is 4.75. The Hall–Kier alpha value is -1.89. The molecule has 1 amide bonds. The van der Waals surface area contributed by atoms with Crippen molar-refractivity contribution < 1.29 is 9.18 Å². The highest BCUT2D eigenvalue weighted by Gasteiger charge is 2.31. The number of halogens is 1. The monoisotopic (exact) mass is 220 g/mol. The standard InChI is InChI=1S/C12H13FN2O/c1-3-12(2,8-14)11(16)15-10-6-4-5-9(13)7-10/h4-7H,3H2,1-2H3,(H,15,16)/t12-/m0/s1. The van der Waals surface area contributed by atoms with E-state index in [0.717, 1.165) is 0 Å². The maximum atomic E-state index is 12.9. The molecular weight excluding hydrogens is 207 g/mol. The van der Waals surface area contributed by atoms with Crippen LogP contribution < -0.4 is 5.32 Å². The number of hydrogen-bond acceptors (Lipinski definition) is 2. The molecule has 0 aliphatic carbocycles. The van der Waals surface area contributed by atoms with Gasteiger partial charge in [0.05, 0.1) is 6.07 Å². The molecule has 0 aromatic heterocycles. The number of rotatable bonds is 3. The third kappa shape index (κ3) is 2.57. The number of nitriles is 1. The molecule has 0 heterocycles. The molecule has 0 aliphatic rings. The van der Waals surface area contributed by atoms with Crippen LogP contribution in [-0.4, -0.2) is 5.91 Å². The lowest BCUT2D eigenvalue weighted by Gasteiger charge is -2.18. The van der Waals surface area contributed by atoms with E-state index in [-0.39, 0.29) is 0 Å². The topological polar surface area (TPSA) is 52.9 Å². The van der Waals surface area contributed by atoms with Crippen LogP contribution in [0.2, 0.25) is 0 Å². The fourth-order valence-electron chi connectivity index (χ4n) is 1.13.